The molecule has 10 atom stereocenters. The first-order valence-corrected chi connectivity index (χ1v) is 13.7. The number of hydrogen-bond donors (Lipinski definition) is 1. The molecule has 0 aromatic heterocycles. The van der Waals surface area contributed by atoms with Crippen LogP contribution in [0.5, 0.6) is 0 Å². The highest BCUT2D eigenvalue weighted by Gasteiger charge is 2.71. The highest BCUT2D eigenvalue weighted by atomic mass is 32.2. The first-order valence-electron chi connectivity index (χ1n) is 12.1. The Morgan fingerprint density at radius 1 is 1.06 bits per heavy atom. The van der Waals surface area contributed by atoms with Crippen molar-refractivity contribution in [2.24, 2.45) is 46.8 Å². The number of ether oxygens (including phenoxy) is 3. The molecule has 9 unspecified atom stereocenters. The van der Waals surface area contributed by atoms with Crippen molar-refractivity contribution in [1.82, 2.24) is 0 Å². The van der Waals surface area contributed by atoms with Crippen LogP contribution in [0.4, 0.5) is 0 Å². The Morgan fingerprint density at radius 2 is 1.76 bits per heavy atom. The van der Waals surface area contributed by atoms with Crippen LogP contribution in [0.2, 0.25) is 0 Å². The zero-order chi connectivity index (χ0) is 24.0. The highest BCUT2D eigenvalue weighted by Crippen LogP contribution is 2.62. The average molecular weight is 497 g/mol. The van der Waals surface area contributed by atoms with Crippen molar-refractivity contribution < 1.29 is 46.4 Å². The summed E-state index contributed by atoms with van der Waals surface area (Å²) in [6.07, 6.45) is 2.63. The monoisotopic (exact) mass is 496 g/mol. The topological polar surface area (TPSA) is 150 Å². The lowest BCUT2D eigenvalue weighted by Gasteiger charge is -2.54. The van der Waals surface area contributed by atoms with Gasteiger partial charge in [-0.05, 0) is 50.9 Å². The number of ketones is 1. The van der Waals surface area contributed by atoms with Gasteiger partial charge in [0.1, 0.15) is 18.0 Å². The molecule has 0 aromatic rings. The van der Waals surface area contributed by atoms with E-state index in [1.807, 2.05) is 0 Å². The van der Waals surface area contributed by atoms with Gasteiger partial charge in [0, 0.05) is 23.7 Å². The van der Waals surface area contributed by atoms with Crippen LogP contribution in [0.1, 0.15) is 44.9 Å². The minimum Gasteiger partial charge on any atom is -0.465 e. The summed E-state index contributed by atoms with van der Waals surface area (Å²) in [6, 6.07) is 0. The van der Waals surface area contributed by atoms with Gasteiger partial charge in [0.05, 0.1) is 29.6 Å². The van der Waals surface area contributed by atoms with E-state index in [0.29, 0.717) is 25.2 Å². The number of esters is 3. The van der Waals surface area contributed by atoms with Crippen molar-refractivity contribution in [3.63, 3.8) is 0 Å². The van der Waals surface area contributed by atoms with Gasteiger partial charge in [0.25, 0.3) is 10.1 Å². The summed E-state index contributed by atoms with van der Waals surface area (Å²) in [6.45, 7) is -0.205. The van der Waals surface area contributed by atoms with Crippen molar-refractivity contribution in [2.75, 3.05) is 12.4 Å². The Labute approximate surface area is 196 Å². The number of fused-ring (bicyclic) bond motifs is 1. The summed E-state index contributed by atoms with van der Waals surface area (Å²) in [5.41, 5.74) is -0.667. The lowest BCUT2D eigenvalue weighted by Crippen LogP contribution is -2.56. The van der Waals surface area contributed by atoms with E-state index in [1.54, 1.807) is 0 Å². The SMILES string of the molecule is O=C1OC2C3CC(C2OC(=O)C24CC5CC(C2)C(=O)[C@H](C5)C4)C(C(=O)OCCCS(=O)(=O)O)C13. The van der Waals surface area contributed by atoms with Crippen LogP contribution in [0.15, 0.2) is 0 Å². The highest BCUT2D eigenvalue weighted by molar-refractivity contribution is 7.85. The van der Waals surface area contributed by atoms with E-state index in [0.717, 1.165) is 19.3 Å². The summed E-state index contributed by atoms with van der Waals surface area (Å²) in [4.78, 5) is 51.4. The Morgan fingerprint density at radius 3 is 2.44 bits per heavy atom. The normalized spacial score (nSPS) is 45.5. The molecule has 7 fully saturated rings. The van der Waals surface area contributed by atoms with E-state index in [1.165, 1.54) is 0 Å². The molecule has 186 valence electrons. The summed E-state index contributed by atoms with van der Waals surface area (Å²) in [7, 11) is -4.16. The molecule has 0 aromatic carbocycles. The molecule has 1 N–H and O–H groups in total. The van der Waals surface area contributed by atoms with Gasteiger partial charge in [-0.2, -0.15) is 8.42 Å². The van der Waals surface area contributed by atoms with Gasteiger partial charge in [-0.1, -0.05) is 0 Å². The maximum atomic E-state index is 13.5. The summed E-state index contributed by atoms with van der Waals surface area (Å²) < 4.78 is 47.4. The molecule has 7 aliphatic rings. The Hall–Kier alpha value is -2.01. The molecule has 11 heteroatoms. The van der Waals surface area contributed by atoms with Crippen molar-refractivity contribution in [2.45, 2.75) is 57.2 Å². The fourth-order valence-electron chi connectivity index (χ4n) is 8.22. The van der Waals surface area contributed by atoms with E-state index in [9.17, 15) is 27.6 Å². The molecule has 1 heterocycles. The van der Waals surface area contributed by atoms with E-state index in [2.05, 4.69) is 0 Å². The van der Waals surface area contributed by atoms with Gasteiger partial charge in [-0.25, -0.2) is 0 Å². The molecule has 6 saturated carbocycles. The molecule has 10 nitrogen and oxygen atoms in total. The van der Waals surface area contributed by atoms with Crippen molar-refractivity contribution in [3.8, 4) is 0 Å². The van der Waals surface area contributed by atoms with E-state index in [4.69, 9.17) is 18.8 Å². The van der Waals surface area contributed by atoms with Crippen LogP contribution < -0.4 is 0 Å². The molecule has 7 rings (SSSR count). The maximum Gasteiger partial charge on any atom is 0.312 e. The predicted octanol–water partition coefficient (Wildman–Crippen LogP) is 0.922. The molecular weight excluding hydrogens is 468 g/mol. The standard InChI is InChI=1S/C23H28O10S/c24-17-11-4-10-5-12(17)9-23(7-10,8-11)22(27)33-19-13-6-14-16(21(26)32-18(14)19)15(13)20(25)31-2-1-3-34(28,29)30/h10-16,18-19H,1-9H2,(H,28,29,30)/t10?,11-,12?,13?,14?,15?,16?,18?,19?,23?/m1/s1. The van der Waals surface area contributed by atoms with Crippen molar-refractivity contribution >= 4 is 33.8 Å². The molecule has 0 radical (unpaired) electrons. The van der Waals surface area contributed by atoms with Gasteiger partial charge in [-0.3, -0.25) is 23.7 Å². The molecule has 1 saturated heterocycles. The van der Waals surface area contributed by atoms with Gasteiger partial charge < -0.3 is 14.2 Å². The third kappa shape index (κ3) is 3.33. The second-order valence-corrected chi connectivity index (χ2v) is 12.8. The number of carbonyl (C=O) groups is 4. The number of Topliss-reactive ketones (excluding diaryl/α,β-unsaturated/α-hetero) is 1. The molecule has 34 heavy (non-hydrogen) atoms. The van der Waals surface area contributed by atoms with E-state index in [-0.39, 0.29) is 42.5 Å². The van der Waals surface area contributed by atoms with Gasteiger partial charge in [0.2, 0.25) is 0 Å². The minimum atomic E-state index is -4.16. The van der Waals surface area contributed by atoms with Crippen LogP contribution in [-0.4, -0.2) is 61.2 Å². The summed E-state index contributed by atoms with van der Waals surface area (Å²) in [5.74, 6) is -3.56. The lowest BCUT2D eigenvalue weighted by molar-refractivity contribution is -0.188. The molecule has 0 amide bonds. The molecule has 1 aliphatic heterocycles. The van der Waals surface area contributed by atoms with Gasteiger partial charge >= 0.3 is 17.9 Å². The fourth-order valence-corrected chi connectivity index (χ4v) is 8.71. The number of hydrogen-bond acceptors (Lipinski definition) is 9. The minimum absolute atomic E-state index is 0.0632. The lowest BCUT2D eigenvalue weighted by atomic mass is 9.49. The average Bonchev–Trinajstić information content (AvgIpc) is 3.37. The summed E-state index contributed by atoms with van der Waals surface area (Å²) >= 11 is 0. The Kier molecular flexibility index (Phi) is 4.95. The van der Waals surface area contributed by atoms with Crippen LogP contribution in [0, 0.1) is 46.8 Å². The van der Waals surface area contributed by atoms with E-state index < -0.39 is 63.2 Å². The quantitative estimate of drug-likeness (QED) is 0.233. The molecule has 6 bridgehead atoms. The predicted molar refractivity (Wildman–Crippen MR) is 111 cm³/mol. The van der Waals surface area contributed by atoms with Crippen LogP contribution in [0.25, 0.3) is 0 Å². The number of carbonyl (C=O) groups excluding carboxylic acids is 4. The van der Waals surface area contributed by atoms with Gasteiger partial charge in [0.15, 0.2) is 0 Å². The smallest absolute Gasteiger partial charge is 0.312 e. The zero-order valence-corrected chi connectivity index (χ0v) is 19.4. The largest absolute Gasteiger partial charge is 0.465 e. The third-order valence-corrected chi connectivity index (χ3v) is 10.1. The first kappa shape index (κ1) is 22.5. The van der Waals surface area contributed by atoms with Crippen LogP contribution in [-0.2, 0) is 43.5 Å². The molecule has 0 spiro atoms. The molecular formula is C23H28O10S. The first-order chi connectivity index (χ1) is 16.1. The summed E-state index contributed by atoms with van der Waals surface area (Å²) in [5, 5.41) is 0. The fraction of sp³-hybridized carbons (Fsp3) is 0.826. The Bertz CT molecular complexity index is 1050. The van der Waals surface area contributed by atoms with Crippen molar-refractivity contribution in [1.29, 1.82) is 0 Å². The molecule has 6 aliphatic carbocycles. The van der Waals surface area contributed by atoms with Crippen LogP contribution in [0.3, 0.4) is 0 Å². The Balaban J connectivity index is 1.16. The van der Waals surface area contributed by atoms with E-state index >= 15 is 0 Å². The zero-order valence-electron chi connectivity index (χ0n) is 18.6. The van der Waals surface area contributed by atoms with Crippen LogP contribution >= 0.6 is 0 Å². The maximum absolute atomic E-state index is 13.5. The van der Waals surface area contributed by atoms with Gasteiger partial charge in [-0.15, -0.1) is 0 Å². The second-order valence-electron chi connectivity index (χ2n) is 11.2. The second kappa shape index (κ2) is 7.49. The van der Waals surface area contributed by atoms with Crippen molar-refractivity contribution in [3.05, 3.63) is 0 Å². The third-order valence-electron chi connectivity index (χ3n) is 9.28. The number of rotatable bonds is 7.